The van der Waals surface area contributed by atoms with Gasteiger partial charge >= 0.3 is 0 Å². The lowest BCUT2D eigenvalue weighted by molar-refractivity contribution is 0.115. The largest absolute Gasteiger partial charge is 0.488 e. The number of fused-ring (bicyclic) bond motifs is 1. The predicted octanol–water partition coefficient (Wildman–Crippen LogP) is 4.08. The number of hydrogen-bond acceptors (Lipinski definition) is 8. The highest BCUT2D eigenvalue weighted by Gasteiger charge is 2.35. The Morgan fingerprint density at radius 3 is 2.85 bits per heavy atom. The number of hydrogen-bond donors (Lipinski definition) is 3. The second kappa shape index (κ2) is 9.37. The van der Waals surface area contributed by atoms with Gasteiger partial charge in [-0.3, -0.25) is 0 Å². The van der Waals surface area contributed by atoms with Gasteiger partial charge in [-0.15, -0.1) is 0 Å². The molecule has 5 rings (SSSR count). The molecule has 0 amide bonds. The van der Waals surface area contributed by atoms with E-state index in [1.165, 1.54) is 0 Å². The molecule has 0 bridgehead atoms. The number of nitrogens with one attached hydrogen (secondary N) is 2. The van der Waals surface area contributed by atoms with Gasteiger partial charge in [0.15, 0.2) is 0 Å². The molecule has 0 saturated carbocycles. The van der Waals surface area contributed by atoms with E-state index in [-0.39, 0.29) is 18.1 Å². The lowest BCUT2D eigenvalue weighted by Gasteiger charge is -2.30. The highest BCUT2D eigenvalue weighted by Crippen LogP contribution is 2.37. The quantitative estimate of drug-likeness (QED) is 0.485. The minimum atomic E-state index is -0.368. The van der Waals surface area contributed by atoms with Crippen LogP contribution < -0.4 is 15.4 Å². The van der Waals surface area contributed by atoms with Crippen molar-refractivity contribution in [1.29, 1.82) is 0 Å². The van der Waals surface area contributed by atoms with Crippen molar-refractivity contribution < 1.29 is 9.84 Å². The zero-order valence-electron chi connectivity index (χ0n) is 19.4. The Bertz CT molecular complexity index is 1180. The number of aromatic nitrogens is 3. The first kappa shape index (κ1) is 22.8. The minimum absolute atomic E-state index is 0.0452. The van der Waals surface area contributed by atoms with E-state index in [9.17, 15) is 5.11 Å². The number of aliphatic hydroxyl groups is 1. The van der Waals surface area contributed by atoms with Gasteiger partial charge in [0.1, 0.15) is 17.7 Å². The van der Waals surface area contributed by atoms with Crippen molar-refractivity contribution in [3.8, 4) is 17.0 Å². The Kier molecular flexibility index (Phi) is 6.29. The van der Waals surface area contributed by atoms with Gasteiger partial charge in [-0.05, 0) is 50.2 Å². The van der Waals surface area contributed by atoms with Gasteiger partial charge in [-0.1, -0.05) is 18.5 Å². The molecule has 1 fully saturated rings. The molecular formula is C25H29ClN6O2. The van der Waals surface area contributed by atoms with Crippen LogP contribution in [-0.2, 0) is 5.41 Å². The Balaban J connectivity index is 1.39. The van der Waals surface area contributed by atoms with Crippen LogP contribution in [0.2, 0.25) is 5.02 Å². The van der Waals surface area contributed by atoms with Crippen LogP contribution in [0.1, 0.15) is 25.3 Å². The van der Waals surface area contributed by atoms with Crippen LogP contribution >= 0.6 is 11.6 Å². The predicted molar refractivity (Wildman–Crippen MR) is 134 cm³/mol. The van der Waals surface area contributed by atoms with E-state index < -0.39 is 0 Å². The molecule has 8 nitrogen and oxygen atoms in total. The monoisotopic (exact) mass is 480 g/mol. The summed E-state index contributed by atoms with van der Waals surface area (Å²) in [6.45, 7) is 4.76. The third kappa shape index (κ3) is 4.66. The lowest BCUT2D eigenvalue weighted by atomic mass is 9.85. The summed E-state index contributed by atoms with van der Waals surface area (Å²) in [7, 11) is 2.13. The number of nitrogens with zero attached hydrogens (tertiary/aromatic N) is 4. The van der Waals surface area contributed by atoms with Crippen LogP contribution in [0, 0.1) is 0 Å². The third-order valence-corrected chi connectivity index (χ3v) is 6.87. The van der Waals surface area contributed by atoms with Gasteiger partial charge in [0.05, 0.1) is 18.0 Å². The Labute approximate surface area is 204 Å². The number of ether oxygens (including phenoxy) is 1. The zero-order chi connectivity index (χ0) is 23.7. The first-order valence-corrected chi connectivity index (χ1v) is 11.9. The van der Waals surface area contributed by atoms with E-state index in [0.29, 0.717) is 17.5 Å². The normalized spacial score (nSPS) is 20.6. The number of aliphatic hydroxyl groups excluding tert-OH is 1. The summed E-state index contributed by atoms with van der Waals surface area (Å²) in [5, 5.41) is 17.1. The van der Waals surface area contributed by atoms with E-state index in [4.69, 9.17) is 21.3 Å². The summed E-state index contributed by atoms with van der Waals surface area (Å²) in [6.07, 6.45) is 5.63. The second-order valence-electron chi connectivity index (χ2n) is 9.34. The highest BCUT2D eigenvalue weighted by atomic mass is 35.5. The van der Waals surface area contributed by atoms with Crippen molar-refractivity contribution in [2.45, 2.75) is 31.3 Å². The smallest absolute Gasteiger partial charge is 0.227 e. The maximum absolute atomic E-state index is 9.89. The number of piperidine rings is 1. The number of benzene rings is 1. The summed E-state index contributed by atoms with van der Waals surface area (Å²) in [4.78, 5) is 16.0. The first-order valence-electron chi connectivity index (χ1n) is 11.5. The van der Waals surface area contributed by atoms with Gasteiger partial charge in [0, 0.05) is 53.6 Å². The van der Waals surface area contributed by atoms with Crippen LogP contribution in [-0.4, -0.2) is 64.4 Å². The molecule has 1 saturated heterocycles. The molecule has 1 unspecified atom stereocenters. The Hall–Kier alpha value is -2.94. The molecule has 3 N–H and O–H groups in total. The van der Waals surface area contributed by atoms with Crippen LogP contribution in [0.15, 0.2) is 42.7 Å². The molecule has 2 aromatic heterocycles. The van der Waals surface area contributed by atoms with Crippen LogP contribution in [0.3, 0.4) is 0 Å². The number of pyridine rings is 1. The fourth-order valence-electron chi connectivity index (χ4n) is 4.41. The van der Waals surface area contributed by atoms with E-state index in [1.54, 1.807) is 12.4 Å². The number of likely N-dealkylation sites (tertiary alicyclic amines) is 1. The highest BCUT2D eigenvalue weighted by molar-refractivity contribution is 6.31. The standard InChI is InChI=1S/C25H29ClN6O2/c1-25(15-33)14-29-23-19(25)11-16(13-28-23)20-5-8-27-24(30-20)31-21-12-17(26)3-4-22(21)34-18-6-9-32(2)10-7-18/h3-5,8,11-13,18,33H,6-7,9-10,14-15H2,1-2H3,(H,28,29)(H,27,30,31). The molecule has 0 aliphatic carbocycles. The SMILES string of the molecule is CN1CCC(Oc2ccc(Cl)cc2Nc2nccc(-c3cnc4c(c3)C(C)(CO)CN4)n2)CC1. The second-order valence-corrected chi connectivity index (χ2v) is 9.78. The van der Waals surface area contributed by atoms with Crippen molar-refractivity contribution in [2.24, 2.45) is 0 Å². The van der Waals surface area contributed by atoms with Crippen molar-refractivity contribution in [2.75, 3.05) is 43.9 Å². The number of rotatable bonds is 6. The fraction of sp³-hybridized carbons (Fsp3) is 0.400. The molecule has 9 heteroatoms. The molecule has 1 aromatic carbocycles. The van der Waals surface area contributed by atoms with Gasteiger partial charge in [0.25, 0.3) is 0 Å². The average Bonchev–Trinajstić information content (AvgIpc) is 3.19. The maximum atomic E-state index is 9.89. The van der Waals surface area contributed by atoms with Gasteiger partial charge in [0.2, 0.25) is 5.95 Å². The van der Waals surface area contributed by atoms with Crippen LogP contribution in [0.4, 0.5) is 17.5 Å². The van der Waals surface area contributed by atoms with E-state index >= 15 is 0 Å². The maximum Gasteiger partial charge on any atom is 0.227 e. The molecule has 0 radical (unpaired) electrons. The summed E-state index contributed by atoms with van der Waals surface area (Å²) in [6, 6.07) is 9.44. The molecule has 0 spiro atoms. The van der Waals surface area contributed by atoms with E-state index in [0.717, 1.165) is 60.0 Å². The van der Waals surface area contributed by atoms with Gasteiger partial charge in [-0.2, -0.15) is 0 Å². The topological polar surface area (TPSA) is 95.4 Å². The van der Waals surface area contributed by atoms with Gasteiger partial charge < -0.3 is 25.4 Å². The van der Waals surface area contributed by atoms with Crippen molar-refractivity contribution >= 4 is 29.1 Å². The van der Waals surface area contributed by atoms with Crippen LogP contribution in [0.5, 0.6) is 5.75 Å². The summed E-state index contributed by atoms with van der Waals surface area (Å²) >= 11 is 6.29. The van der Waals surface area contributed by atoms with Crippen LogP contribution in [0.25, 0.3) is 11.3 Å². The van der Waals surface area contributed by atoms with Crippen molar-refractivity contribution in [1.82, 2.24) is 19.9 Å². The summed E-state index contributed by atoms with van der Waals surface area (Å²) < 4.78 is 6.32. The lowest BCUT2D eigenvalue weighted by Crippen LogP contribution is -2.35. The molecular weight excluding hydrogens is 452 g/mol. The molecule has 34 heavy (non-hydrogen) atoms. The number of halogens is 1. The Morgan fingerprint density at radius 1 is 1.24 bits per heavy atom. The first-order chi connectivity index (χ1) is 16.4. The average molecular weight is 481 g/mol. The molecule has 1 atom stereocenters. The van der Waals surface area contributed by atoms with E-state index in [1.807, 2.05) is 37.3 Å². The molecule has 2 aliphatic heterocycles. The van der Waals surface area contributed by atoms with Crippen molar-refractivity contribution in [3.05, 3.63) is 53.3 Å². The van der Waals surface area contributed by atoms with Crippen molar-refractivity contribution in [3.63, 3.8) is 0 Å². The molecule has 3 aromatic rings. The summed E-state index contributed by atoms with van der Waals surface area (Å²) in [5.41, 5.74) is 2.95. The fourth-order valence-corrected chi connectivity index (χ4v) is 4.58. The minimum Gasteiger partial charge on any atom is -0.488 e. The summed E-state index contributed by atoms with van der Waals surface area (Å²) in [5.74, 6) is 1.98. The molecule has 4 heterocycles. The van der Waals surface area contributed by atoms with E-state index in [2.05, 4.69) is 32.5 Å². The number of anilines is 3. The molecule has 178 valence electrons. The molecule has 2 aliphatic rings. The Morgan fingerprint density at radius 2 is 2.06 bits per heavy atom. The van der Waals surface area contributed by atoms with Gasteiger partial charge in [-0.25, -0.2) is 15.0 Å². The third-order valence-electron chi connectivity index (χ3n) is 6.63. The zero-order valence-corrected chi connectivity index (χ0v) is 20.1.